The van der Waals surface area contributed by atoms with Crippen LogP contribution in [-0.4, -0.2) is 21.0 Å². The molecule has 0 radical (unpaired) electrons. The van der Waals surface area contributed by atoms with E-state index in [1.165, 1.54) is 24.0 Å². The summed E-state index contributed by atoms with van der Waals surface area (Å²) in [6, 6.07) is 12.2. The van der Waals surface area contributed by atoms with E-state index < -0.39 is 0 Å². The summed E-state index contributed by atoms with van der Waals surface area (Å²) in [5, 5.41) is 4.29. The fourth-order valence-electron chi connectivity index (χ4n) is 3.66. The SMILES string of the molecule is Cn1cc(C2CC2)c2cc(C(=O)NC(C)(C)Cc3ccccc3)cnc21. The molecule has 1 aliphatic rings. The molecule has 4 heteroatoms. The highest BCUT2D eigenvalue weighted by atomic mass is 16.1. The summed E-state index contributed by atoms with van der Waals surface area (Å²) in [5.74, 6) is 0.569. The Hall–Kier alpha value is -2.62. The highest BCUT2D eigenvalue weighted by Gasteiger charge is 2.28. The van der Waals surface area contributed by atoms with Crippen LogP contribution in [0, 0.1) is 0 Å². The minimum absolute atomic E-state index is 0.0640. The van der Waals surface area contributed by atoms with E-state index in [4.69, 9.17) is 0 Å². The van der Waals surface area contributed by atoms with E-state index in [2.05, 4.69) is 47.0 Å². The fraction of sp³-hybridized carbons (Fsp3) is 0.364. The summed E-state index contributed by atoms with van der Waals surface area (Å²) in [4.78, 5) is 17.4. The Bertz CT molecular complexity index is 952. The van der Waals surface area contributed by atoms with Crippen LogP contribution in [0.2, 0.25) is 0 Å². The van der Waals surface area contributed by atoms with Gasteiger partial charge < -0.3 is 9.88 Å². The molecule has 0 unspecified atom stereocenters. The van der Waals surface area contributed by atoms with Crippen molar-refractivity contribution >= 4 is 16.9 Å². The van der Waals surface area contributed by atoms with Gasteiger partial charge in [0.05, 0.1) is 5.56 Å². The predicted molar refractivity (Wildman–Crippen MR) is 104 cm³/mol. The van der Waals surface area contributed by atoms with Gasteiger partial charge in [-0.05, 0) is 56.2 Å². The normalized spacial score (nSPS) is 14.6. The van der Waals surface area contributed by atoms with Crippen molar-refractivity contribution in [2.24, 2.45) is 7.05 Å². The Labute approximate surface area is 154 Å². The third-order valence-corrected chi connectivity index (χ3v) is 5.06. The maximum absolute atomic E-state index is 12.8. The molecule has 1 saturated carbocycles. The Balaban J connectivity index is 1.56. The molecule has 4 nitrogen and oxygen atoms in total. The van der Waals surface area contributed by atoms with Gasteiger partial charge in [0.2, 0.25) is 0 Å². The molecular formula is C22H25N3O. The Morgan fingerprint density at radius 1 is 1.27 bits per heavy atom. The molecule has 0 spiro atoms. The van der Waals surface area contributed by atoms with Crippen molar-refractivity contribution in [1.29, 1.82) is 0 Å². The Morgan fingerprint density at radius 2 is 2.00 bits per heavy atom. The number of hydrogen-bond acceptors (Lipinski definition) is 2. The first-order chi connectivity index (χ1) is 12.4. The van der Waals surface area contributed by atoms with E-state index in [1.807, 2.05) is 31.3 Å². The predicted octanol–water partition coefficient (Wildman–Crippen LogP) is 4.20. The lowest BCUT2D eigenvalue weighted by atomic mass is 9.94. The first kappa shape index (κ1) is 16.8. The van der Waals surface area contributed by atoms with Crippen LogP contribution in [0.1, 0.15) is 54.1 Å². The number of carbonyl (C=O) groups is 1. The molecule has 1 N–H and O–H groups in total. The Morgan fingerprint density at radius 3 is 2.69 bits per heavy atom. The molecule has 1 fully saturated rings. The van der Waals surface area contributed by atoms with Gasteiger partial charge in [-0.3, -0.25) is 4.79 Å². The van der Waals surface area contributed by atoms with Crippen molar-refractivity contribution in [3.63, 3.8) is 0 Å². The van der Waals surface area contributed by atoms with Crippen LogP contribution in [0.4, 0.5) is 0 Å². The summed E-state index contributed by atoms with van der Waals surface area (Å²) in [7, 11) is 2.02. The Kier molecular flexibility index (Phi) is 4.06. The van der Waals surface area contributed by atoms with Gasteiger partial charge in [0, 0.05) is 30.4 Å². The average molecular weight is 347 g/mol. The van der Waals surface area contributed by atoms with Crippen LogP contribution in [0.15, 0.2) is 48.8 Å². The molecule has 2 heterocycles. The first-order valence-corrected chi connectivity index (χ1v) is 9.24. The van der Waals surface area contributed by atoms with Crippen LogP contribution in [0.25, 0.3) is 11.0 Å². The van der Waals surface area contributed by atoms with Gasteiger partial charge >= 0.3 is 0 Å². The van der Waals surface area contributed by atoms with Gasteiger partial charge in [0.15, 0.2) is 0 Å². The zero-order valence-corrected chi connectivity index (χ0v) is 15.6. The van der Waals surface area contributed by atoms with Crippen LogP contribution < -0.4 is 5.32 Å². The minimum Gasteiger partial charge on any atom is -0.347 e. The lowest BCUT2D eigenvalue weighted by Crippen LogP contribution is -2.45. The summed E-state index contributed by atoms with van der Waals surface area (Å²) < 4.78 is 2.06. The lowest BCUT2D eigenvalue weighted by molar-refractivity contribution is 0.0913. The molecule has 1 aromatic carbocycles. The van der Waals surface area contributed by atoms with Gasteiger partial charge in [-0.1, -0.05) is 30.3 Å². The monoisotopic (exact) mass is 347 g/mol. The maximum Gasteiger partial charge on any atom is 0.253 e. The zero-order valence-electron chi connectivity index (χ0n) is 15.6. The van der Waals surface area contributed by atoms with Gasteiger partial charge in [-0.15, -0.1) is 0 Å². The van der Waals surface area contributed by atoms with Crippen LogP contribution in [0.5, 0.6) is 0 Å². The molecule has 1 amide bonds. The van der Waals surface area contributed by atoms with Gasteiger partial charge in [0.25, 0.3) is 5.91 Å². The van der Waals surface area contributed by atoms with Gasteiger partial charge in [-0.25, -0.2) is 4.98 Å². The number of nitrogens with one attached hydrogen (secondary N) is 1. The third kappa shape index (κ3) is 3.36. The molecule has 0 bridgehead atoms. The van der Waals surface area contributed by atoms with Crippen molar-refractivity contribution < 1.29 is 4.79 Å². The third-order valence-electron chi connectivity index (χ3n) is 5.06. The van der Waals surface area contributed by atoms with Crippen molar-refractivity contribution in [2.45, 2.75) is 44.6 Å². The molecule has 0 atom stereocenters. The number of nitrogens with zero attached hydrogens (tertiary/aromatic N) is 2. The molecule has 4 rings (SSSR count). The van der Waals surface area contributed by atoms with E-state index in [0.29, 0.717) is 11.5 Å². The summed E-state index contributed by atoms with van der Waals surface area (Å²) in [6.45, 7) is 4.12. The first-order valence-electron chi connectivity index (χ1n) is 9.24. The number of benzene rings is 1. The summed E-state index contributed by atoms with van der Waals surface area (Å²) >= 11 is 0. The number of fused-ring (bicyclic) bond motifs is 1. The summed E-state index contributed by atoms with van der Waals surface area (Å²) in [5.41, 5.74) is 3.79. The van der Waals surface area contributed by atoms with Crippen molar-refractivity contribution in [3.8, 4) is 0 Å². The number of aromatic nitrogens is 2. The number of pyridine rings is 1. The molecule has 3 aromatic rings. The number of carbonyl (C=O) groups excluding carboxylic acids is 1. The van der Waals surface area contributed by atoms with Crippen molar-refractivity contribution in [1.82, 2.24) is 14.9 Å². The smallest absolute Gasteiger partial charge is 0.253 e. The second kappa shape index (κ2) is 6.27. The average Bonchev–Trinajstić information content (AvgIpc) is 3.39. The topological polar surface area (TPSA) is 46.9 Å². The van der Waals surface area contributed by atoms with Crippen molar-refractivity contribution in [3.05, 3.63) is 65.5 Å². The summed E-state index contributed by atoms with van der Waals surface area (Å²) in [6.07, 6.45) is 7.11. The van der Waals surface area contributed by atoms with E-state index >= 15 is 0 Å². The van der Waals surface area contributed by atoms with E-state index in [0.717, 1.165) is 17.5 Å². The molecule has 134 valence electrons. The number of rotatable bonds is 5. The second-order valence-electron chi connectivity index (χ2n) is 8.07. The number of hydrogen-bond donors (Lipinski definition) is 1. The minimum atomic E-state index is -0.330. The largest absolute Gasteiger partial charge is 0.347 e. The van der Waals surface area contributed by atoms with E-state index in [9.17, 15) is 4.79 Å². The van der Waals surface area contributed by atoms with E-state index in [1.54, 1.807) is 6.20 Å². The highest BCUT2D eigenvalue weighted by Crippen LogP contribution is 2.43. The van der Waals surface area contributed by atoms with E-state index in [-0.39, 0.29) is 11.4 Å². The van der Waals surface area contributed by atoms with Gasteiger partial charge in [0.1, 0.15) is 5.65 Å². The van der Waals surface area contributed by atoms with Crippen LogP contribution in [0.3, 0.4) is 0 Å². The maximum atomic E-state index is 12.8. The zero-order chi connectivity index (χ0) is 18.3. The van der Waals surface area contributed by atoms with Crippen LogP contribution >= 0.6 is 0 Å². The second-order valence-corrected chi connectivity index (χ2v) is 8.07. The number of amides is 1. The molecule has 2 aromatic heterocycles. The number of aryl methyl sites for hydroxylation is 1. The molecule has 0 aliphatic heterocycles. The van der Waals surface area contributed by atoms with Gasteiger partial charge in [-0.2, -0.15) is 0 Å². The lowest BCUT2D eigenvalue weighted by Gasteiger charge is -2.26. The fourth-order valence-corrected chi connectivity index (χ4v) is 3.66. The van der Waals surface area contributed by atoms with Crippen molar-refractivity contribution in [2.75, 3.05) is 0 Å². The van der Waals surface area contributed by atoms with Crippen LogP contribution in [-0.2, 0) is 13.5 Å². The standard InChI is InChI=1S/C22H25N3O/c1-22(2,12-15-7-5-4-6-8-15)24-21(26)17-11-18-19(16-9-10-16)14-25(3)20(18)23-13-17/h4-8,11,13-14,16H,9-10,12H2,1-3H3,(H,24,26). The highest BCUT2D eigenvalue weighted by molar-refractivity contribution is 5.98. The molecule has 26 heavy (non-hydrogen) atoms. The molecule has 0 saturated heterocycles. The molecule has 1 aliphatic carbocycles. The molecular weight excluding hydrogens is 322 g/mol. The quantitative estimate of drug-likeness (QED) is 0.752.